The van der Waals surface area contributed by atoms with Crippen molar-refractivity contribution in [3.63, 3.8) is 0 Å². The number of benzene rings is 2. The van der Waals surface area contributed by atoms with Gasteiger partial charge in [-0.05, 0) is 44.3 Å². The first-order chi connectivity index (χ1) is 13.5. The maximum Gasteiger partial charge on any atom is 0.260 e. The van der Waals surface area contributed by atoms with E-state index in [1.807, 2.05) is 24.3 Å². The number of rotatable bonds is 8. The lowest BCUT2D eigenvalue weighted by Gasteiger charge is -2.24. The predicted octanol–water partition coefficient (Wildman–Crippen LogP) is 4.49. The highest BCUT2D eigenvalue weighted by atomic mass is 32.1. The summed E-state index contributed by atoms with van der Waals surface area (Å²) in [6, 6.07) is 14.8. The normalized spacial score (nSPS) is 11.1. The van der Waals surface area contributed by atoms with Crippen molar-refractivity contribution < 1.29 is 9.59 Å². The van der Waals surface area contributed by atoms with Gasteiger partial charge in [-0.25, -0.2) is 4.98 Å². The van der Waals surface area contributed by atoms with Gasteiger partial charge < -0.3 is 4.90 Å². The van der Waals surface area contributed by atoms with Gasteiger partial charge >= 0.3 is 0 Å². The van der Waals surface area contributed by atoms with Crippen LogP contribution in [-0.2, 0) is 0 Å². The van der Waals surface area contributed by atoms with Crippen LogP contribution < -0.4 is 4.90 Å². The van der Waals surface area contributed by atoms with Crippen molar-refractivity contribution in [2.75, 3.05) is 31.1 Å². The Bertz CT molecular complexity index is 928. The third kappa shape index (κ3) is 4.46. The third-order valence-corrected chi connectivity index (χ3v) is 5.89. The molecule has 1 heterocycles. The van der Waals surface area contributed by atoms with E-state index in [9.17, 15) is 9.59 Å². The Morgan fingerprint density at radius 2 is 1.57 bits per heavy atom. The zero-order valence-electron chi connectivity index (χ0n) is 16.5. The van der Waals surface area contributed by atoms with Crippen molar-refractivity contribution in [1.82, 2.24) is 9.88 Å². The lowest BCUT2D eigenvalue weighted by atomic mass is 10.1. The molecule has 146 valence electrons. The number of hydrogen-bond acceptors (Lipinski definition) is 5. The summed E-state index contributed by atoms with van der Waals surface area (Å²) in [5, 5.41) is 0.703. The second kappa shape index (κ2) is 9.08. The molecule has 0 N–H and O–H groups in total. The van der Waals surface area contributed by atoms with Crippen molar-refractivity contribution in [2.24, 2.45) is 0 Å². The van der Waals surface area contributed by atoms with Crippen LogP contribution in [0.25, 0.3) is 10.2 Å². The predicted molar refractivity (Wildman–Crippen MR) is 116 cm³/mol. The molecule has 0 aliphatic heterocycles. The molecule has 6 heteroatoms. The average molecular weight is 396 g/mol. The van der Waals surface area contributed by atoms with Crippen LogP contribution in [0.15, 0.2) is 48.5 Å². The van der Waals surface area contributed by atoms with Crippen molar-refractivity contribution in [2.45, 2.75) is 20.8 Å². The first kappa shape index (κ1) is 20.2. The molecule has 0 unspecified atom stereocenters. The van der Waals surface area contributed by atoms with Crippen LogP contribution >= 0.6 is 11.3 Å². The van der Waals surface area contributed by atoms with Crippen LogP contribution in [0.2, 0.25) is 0 Å². The summed E-state index contributed by atoms with van der Waals surface area (Å²) in [6.07, 6.45) is 0. The molecule has 0 aliphatic carbocycles. The second-order valence-corrected chi connectivity index (χ2v) is 7.59. The number of anilines is 1. The SMILES string of the molecule is CCN(CC)CCN(C(=O)c1ccc(C(C)=O)cc1)c1nc2ccccc2s1. The summed E-state index contributed by atoms with van der Waals surface area (Å²) in [7, 11) is 0. The molecule has 0 saturated heterocycles. The van der Waals surface area contributed by atoms with E-state index in [0.717, 1.165) is 29.9 Å². The summed E-state index contributed by atoms with van der Waals surface area (Å²) in [5.74, 6) is -0.107. The maximum atomic E-state index is 13.3. The lowest BCUT2D eigenvalue weighted by Crippen LogP contribution is -2.38. The summed E-state index contributed by atoms with van der Waals surface area (Å²) in [4.78, 5) is 33.5. The van der Waals surface area contributed by atoms with E-state index in [0.29, 0.717) is 22.8 Å². The molecule has 0 saturated carbocycles. The number of fused-ring (bicyclic) bond motifs is 1. The number of likely N-dealkylation sites (N-methyl/N-ethyl adjacent to an activating group) is 1. The minimum absolute atomic E-state index is 0.0106. The molecular weight excluding hydrogens is 370 g/mol. The fraction of sp³-hybridized carbons (Fsp3) is 0.318. The third-order valence-electron chi connectivity index (χ3n) is 4.83. The molecule has 3 rings (SSSR count). The molecule has 2 aromatic carbocycles. The van der Waals surface area contributed by atoms with Gasteiger partial charge in [0.25, 0.3) is 5.91 Å². The van der Waals surface area contributed by atoms with Gasteiger partial charge in [0.15, 0.2) is 10.9 Å². The fourth-order valence-corrected chi connectivity index (χ4v) is 4.03. The summed E-state index contributed by atoms with van der Waals surface area (Å²) in [5.41, 5.74) is 2.06. The average Bonchev–Trinajstić information content (AvgIpc) is 3.14. The van der Waals surface area contributed by atoms with Crippen LogP contribution in [0, 0.1) is 0 Å². The van der Waals surface area contributed by atoms with E-state index in [1.165, 1.54) is 18.3 Å². The second-order valence-electron chi connectivity index (χ2n) is 6.58. The Morgan fingerprint density at radius 3 is 2.18 bits per heavy atom. The molecule has 0 atom stereocenters. The first-order valence-corrected chi connectivity index (χ1v) is 10.4. The van der Waals surface area contributed by atoms with E-state index in [2.05, 4.69) is 23.7 Å². The molecule has 0 aliphatic rings. The molecule has 1 amide bonds. The van der Waals surface area contributed by atoms with Gasteiger partial charge in [-0.15, -0.1) is 0 Å². The first-order valence-electron chi connectivity index (χ1n) is 9.54. The Morgan fingerprint density at radius 1 is 0.929 bits per heavy atom. The van der Waals surface area contributed by atoms with E-state index in [4.69, 9.17) is 0 Å². The van der Waals surface area contributed by atoms with Gasteiger partial charge in [-0.3, -0.25) is 14.5 Å². The molecule has 0 fully saturated rings. The summed E-state index contributed by atoms with van der Waals surface area (Å²) < 4.78 is 1.06. The van der Waals surface area contributed by atoms with Crippen LogP contribution in [0.1, 0.15) is 41.5 Å². The molecule has 0 bridgehead atoms. The Kier molecular flexibility index (Phi) is 6.54. The smallest absolute Gasteiger partial charge is 0.260 e. The summed E-state index contributed by atoms with van der Waals surface area (Å²) in [6.45, 7) is 8.97. The molecule has 0 radical (unpaired) electrons. The highest BCUT2D eigenvalue weighted by molar-refractivity contribution is 7.22. The number of Topliss-reactive ketones (excluding diaryl/α,β-unsaturated/α-hetero) is 1. The molecule has 28 heavy (non-hydrogen) atoms. The molecule has 3 aromatic rings. The number of thiazole rings is 1. The molecular formula is C22H25N3O2S. The van der Waals surface area contributed by atoms with Crippen molar-refractivity contribution in [3.05, 3.63) is 59.7 Å². The quantitative estimate of drug-likeness (QED) is 0.528. The van der Waals surface area contributed by atoms with Gasteiger partial charge in [0.2, 0.25) is 0 Å². The van der Waals surface area contributed by atoms with Crippen LogP contribution in [0.5, 0.6) is 0 Å². The monoisotopic (exact) mass is 395 g/mol. The Balaban J connectivity index is 1.92. The standard InChI is InChI=1S/C22H25N3O2S/c1-4-24(5-2)14-15-25(22-23-19-8-6-7-9-20(19)28-22)21(27)18-12-10-17(11-13-18)16(3)26/h6-13H,4-5,14-15H2,1-3H3. The largest absolute Gasteiger partial charge is 0.302 e. The lowest BCUT2D eigenvalue weighted by molar-refractivity contribution is 0.0980. The Hall–Kier alpha value is -2.57. The van der Waals surface area contributed by atoms with Gasteiger partial charge in [-0.2, -0.15) is 0 Å². The summed E-state index contributed by atoms with van der Waals surface area (Å²) >= 11 is 1.52. The zero-order chi connectivity index (χ0) is 20.1. The molecule has 1 aromatic heterocycles. The van der Waals surface area contributed by atoms with Crippen LogP contribution in [0.4, 0.5) is 5.13 Å². The highest BCUT2D eigenvalue weighted by Gasteiger charge is 2.22. The highest BCUT2D eigenvalue weighted by Crippen LogP contribution is 2.29. The maximum absolute atomic E-state index is 13.3. The van der Waals surface area contributed by atoms with Gasteiger partial charge in [0, 0.05) is 24.2 Å². The van der Waals surface area contributed by atoms with E-state index >= 15 is 0 Å². The number of para-hydroxylation sites is 1. The number of hydrogen-bond donors (Lipinski definition) is 0. The van der Waals surface area contributed by atoms with E-state index in [1.54, 1.807) is 29.2 Å². The van der Waals surface area contributed by atoms with Gasteiger partial charge in [-0.1, -0.05) is 49.4 Å². The van der Waals surface area contributed by atoms with Gasteiger partial charge in [0.05, 0.1) is 10.2 Å². The van der Waals surface area contributed by atoms with Gasteiger partial charge in [0.1, 0.15) is 0 Å². The van der Waals surface area contributed by atoms with Crippen LogP contribution in [0.3, 0.4) is 0 Å². The minimum Gasteiger partial charge on any atom is -0.302 e. The fourth-order valence-electron chi connectivity index (χ4n) is 3.04. The number of aromatic nitrogens is 1. The topological polar surface area (TPSA) is 53.5 Å². The number of carbonyl (C=O) groups excluding carboxylic acids is 2. The number of carbonyl (C=O) groups is 2. The Labute approximate surface area is 169 Å². The number of ketones is 1. The minimum atomic E-state index is -0.0960. The van der Waals surface area contributed by atoms with E-state index < -0.39 is 0 Å². The molecule has 0 spiro atoms. The zero-order valence-corrected chi connectivity index (χ0v) is 17.3. The van der Waals surface area contributed by atoms with Crippen molar-refractivity contribution >= 4 is 38.4 Å². The molecule has 5 nitrogen and oxygen atoms in total. The van der Waals surface area contributed by atoms with Crippen molar-refractivity contribution in [1.29, 1.82) is 0 Å². The number of amides is 1. The number of nitrogens with zero attached hydrogens (tertiary/aromatic N) is 3. The van der Waals surface area contributed by atoms with Crippen molar-refractivity contribution in [3.8, 4) is 0 Å². The van der Waals surface area contributed by atoms with Crippen LogP contribution in [-0.4, -0.2) is 47.8 Å². The van der Waals surface area contributed by atoms with E-state index in [-0.39, 0.29) is 11.7 Å².